The van der Waals surface area contributed by atoms with E-state index in [1.165, 1.54) is 0 Å². The molecule has 0 saturated heterocycles. The first-order valence-corrected chi connectivity index (χ1v) is 12.7. The van der Waals surface area contributed by atoms with Gasteiger partial charge in [-0.05, 0) is 68.2 Å². The molecule has 1 aromatic rings. The number of hydrogen-bond acceptors (Lipinski definition) is 7. The molecule has 0 amide bonds. The lowest BCUT2D eigenvalue weighted by Crippen LogP contribution is -2.45. The number of allylic oxidation sites excluding steroid dienone is 6. The van der Waals surface area contributed by atoms with Crippen molar-refractivity contribution in [3.8, 4) is 0 Å². The first kappa shape index (κ1) is 25.1. The van der Waals surface area contributed by atoms with E-state index >= 15 is 0 Å². The Bertz CT molecular complexity index is 1280. The van der Waals surface area contributed by atoms with Gasteiger partial charge in [0.05, 0.1) is 5.56 Å². The van der Waals surface area contributed by atoms with Crippen molar-refractivity contribution in [2.24, 2.45) is 22.7 Å². The maximum atomic E-state index is 13.6. The zero-order valence-corrected chi connectivity index (χ0v) is 21.1. The van der Waals surface area contributed by atoms with E-state index in [1.54, 1.807) is 42.5 Å². The average Bonchev–Trinajstić information content (AvgIpc) is 3.23. The van der Waals surface area contributed by atoms with E-state index in [0.717, 1.165) is 29.6 Å². The minimum atomic E-state index is -0.791. The molecule has 1 aromatic carbocycles. The third-order valence-corrected chi connectivity index (χ3v) is 8.74. The molecule has 7 nitrogen and oxygen atoms in total. The van der Waals surface area contributed by atoms with Crippen molar-refractivity contribution < 1.29 is 33.4 Å². The number of ketones is 3. The Labute approximate surface area is 215 Å². The van der Waals surface area contributed by atoms with Crippen molar-refractivity contribution in [3.05, 3.63) is 70.8 Å². The van der Waals surface area contributed by atoms with Crippen LogP contribution >= 0.6 is 0 Å². The lowest BCUT2D eigenvalue weighted by atomic mass is 9.54. The third kappa shape index (κ3) is 4.30. The van der Waals surface area contributed by atoms with E-state index in [9.17, 15) is 24.0 Å². The van der Waals surface area contributed by atoms with Gasteiger partial charge in [-0.1, -0.05) is 42.3 Å². The van der Waals surface area contributed by atoms with Gasteiger partial charge in [0.1, 0.15) is 6.61 Å². The minimum absolute atomic E-state index is 0.0327. The summed E-state index contributed by atoms with van der Waals surface area (Å²) in [6.45, 7) is 3.03. The van der Waals surface area contributed by atoms with Crippen LogP contribution in [0.2, 0.25) is 0 Å². The predicted molar refractivity (Wildman–Crippen MR) is 133 cm³/mol. The summed E-state index contributed by atoms with van der Waals surface area (Å²) in [7, 11) is 0. The first-order valence-electron chi connectivity index (χ1n) is 12.7. The summed E-state index contributed by atoms with van der Waals surface area (Å²) in [6.07, 6.45) is 8.18. The highest BCUT2D eigenvalue weighted by atomic mass is 16.6. The third-order valence-electron chi connectivity index (χ3n) is 8.74. The van der Waals surface area contributed by atoms with Gasteiger partial charge >= 0.3 is 11.9 Å². The molecule has 0 aromatic heterocycles. The monoisotopic (exact) mass is 502 g/mol. The standard InChI is InChI=1S/C30H30O7/c1-29-13-12-20(31)14-19(29)8-9-21-22-10-11-23(30(22,2)15-24(32)27(21)29)25(33)16-36-26(34)17-37-28(35)18-6-4-3-5-7-18/h3-7,12-14,22-23H,8-11,15-17H2,1-2H3/t22-,23+,29-,30-/m0/s1. The second kappa shape index (κ2) is 9.36. The fourth-order valence-electron chi connectivity index (χ4n) is 6.94. The highest BCUT2D eigenvalue weighted by Gasteiger charge is 2.57. The van der Waals surface area contributed by atoms with E-state index < -0.39 is 41.9 Å². The van der Waals surface area contributed by atoms with E-state index in [2.05, 4.69) is 0 Å². The molecule has 4 aliphatic rings. The van der Waals surface area contributed by atoms with E-state index in [4.69, 9.17) is 9.47 Å². The SMILES string of the molecule is C[C@]12C=CC(=O)C=C1CCC1=C2C(=O)C[C@]2(C)[C@@H](C(=O)COC(=O)COC(=O)c3ccccc3)CC[C@@H]12. The van der Waals surface area contributed by atoms with Crippen molar-refractivity contribution in [1.82, 2.24) is 0 Å². The molecule has 1 fully saturated rings. The van der Waals surface area contributed by atoms with Crippen LogP contribution in [0.1, 0.15) is 56.3 Å². The van der Waals surface area contributed by atoms with Crippen LogP contribution in [-0.2, 0) is 28.7 Å². The summed E-state index contributed by atoms with van der Waals surface area (Å²) in [5, 5.41) is 0. The van der Waals surface area contributed by atoms with E-state index in [-0.39, 0.29) is 29.7 Å². The fourth-order valence-corrected chi connectivity index (χ4v) is 6.94. The molecular formula is C30H30O7. The van der Waals surface area contributed by atoms with Gasteiger partial charge in [0.2, 0.25) is 0 Å². The van der Waals surface area contributed by atoms with Crippen molar-refractivity contribution >= 4 is 29.3 Å². The minimum Gasteiger partial charge on any atom is -0.455 e. The molecule has 0 N–H and O–H groups in total. The second-order valence-corrected chi connectivity index (χ2v) is 10.9. The van der Waals surface area contributed by atoms with Crippen molar-refractivity contribution in [1.29, 1.82) is 0 Å². The van der Waals surface area contributed by atoms with Gasteiger partial charge in [-0.15, -0.1) is 0 Å². The Morgan fingerprint density at radius 2 is 1.73 bits per heavy atom. The molecule has 37 heavy (non-hydrogen) atoms. The largest absolute Gasteiger partial charge is 0.455 e. The zero-order chi connectivity index (χ0) is 26.4. The topological polar surface area (TPSA) is 104 Å². The molecular weight excluding hydrogens is 472 g/mol. The molecule has 0 unspecified atom stereocenters. The van der Waals surface area contributed by atoms with Gasteiger partial charge in [-0.2, -0.15) is 0 Å². The number of benzene rings is 1. The van der Waals surface area contributed by atoms with Gasteiger partial charge < -0.3 is 9.47 Å². The van der Waals surface area contributed by atoms with Gasteiger partial charge in [0.15, 0.2) is 24.0 Å². The van der Waals surface area contributed by atoms with Crippen molar-refractivity contribution in [3.63, 3.8) is 0 Å². The summed E-state index contributed by atoms with van der Waals surface area (Å²) in [6, 6.07) is 8.30. The number of fused-ring (bicyclic) bond motifs is 4. The molecule has 0 bridgehead atoms. The van der Waals surface area contributed by atoms with E-state index in [0.29, 0.717) is 18.4 Å². The molecule has 4 aliphatic carbocycles. The Morgan fingerprint density at radius 3 is 2.49 bits per heavy atom. The second-order valence-electron chi connectivity index (χ2n) is 10.9. The molecule has 0 radical (unpaired) electrons. The molecule has 192 valence electrons. The van der Waals surface area contributed by atoms with Crippen LogP contribution in [-0.4, -0.2) is 42.5 Å². The molecule has 1 saturated carbocycles. The fraction of sp³-hybridized carbons (Fsp3) is 0.433. The van der Waals surface area contributed by atoms with Crippen LogP contribution in [0.5, 0.6) is 0 Å². The summed E-state index contributed by atoms with van der Waals surface area (Å²) >= 11 is 0. The summed E-state index contributed by atoms with van der Waals surface area (Å²) in [4.78, 5) is 62.9. The maximum Gasteiger partial charge on any atom is 0.344 e. The molecule has 0 aliphatic heterocycles. The first-order chi connectivity index (χ1) is 17.6. The van der Waals surface area contributed by atoms with Crippen LogP contribution in [0.25, 0.3) is 0 Å². The summed E-state index contributed by atoms with van der Waals surface area (Å²) in [5.41, 5.74) is 2.13. The van der Waals surface area contributed by atoms with Crippen molar-refractivity contribution in [2.75, 3.05) is 13.2 Å². The number of hydrogen-bond donors (Lipinski definition) is 0. The van der Waals surface area contributed by atoms with Crippen LogP contribution < -0.4 is 0 Å². The number of Topliss-reactive ketones (excluding diaryl/α,β-unsaturated/α-hetero) is 2. The lowest BCUT2D eigenvalue weighted by molar-refractivity contribution is -0.153. The van der Waals surface area contributed by atoms with Crippen LogP contribution in [0, 0.1) is 22.7 Å². The van der Waals surface area contributed by atoms with Crippen LogP contribution in [0.15, 0.2) is 65.3 Å². The van der Waals surface area contributed by atoms with Gasteiger partial charge in [-0.25, -0.2) is 9.59 Å². The normalized spacial score (nSPS) is 30.2. The molecule has 0 heterocycles. The highest BCUT2D eigenvalue weighted by Crippen LogP contribution is 2.62. The van der Waals surface area contributed by atoms with Crippen LogP contribution in [0.4, 0.5) is 0 Å². The smallest absolute Gasteiger partial charge is 0.344 e. The predicted octanol–water partition coefficient (Wildman–Crippen LogP) is 4.12. The number of rotatable bonds is 6. The summed E-state index contributed by atoms with van der Waals surface area (Å²) < 4.78 is 10.1. The van der Waals surface area contributed by atoms with Crippen LogP contribution in [0.3, 0.4) is 0 Å². The summed E-state index contributed by atoms with van der Waals surface area (Å²) in [5.74, 6) is -1.96. The lowest BCUT2D eigenvalue weighted by Gasteiger charge is -2.48. The van der Waals surface area contributed by atoms with Gasteiger partial charge in [0.25, 0.3) is 0 Å². The van der Waals surface area contributed by atoms with E-state index in [1.807, 2.05) is 19.9 Å². The molecule has 5 rings (SSSR count). The number of esters is 2. The molecule has 0 spiro atoms. The maximum absolute atomic E-state index is 13.6. The van der Waals surface area contributed by atoms with Gasteiger partial charge in [0, 0.05) is 23.3 Å². The number of carbonyl (C=O) groups is 5. The average molecular weight is 503 g/mol. The highest BCUT2D eigenvalue weighted by molar-refractivity contribution is 6.05. The molecule has 4 atom stereocenters. The quantitative estimate of drug-likeness (QED) is 0.539. The number of carbonyl (C=O) groups excluding carboxylic acids is 5. The number of ether oxygens (including phenoxy) is 2. The Kier molecular flexibility index (Phi) is 6.34. The molecule has 7 heteroatoms. The van der Waals surface area contributed by atoms with Gasteiger partial charge in [-0.3, -0.25) is 14.4 Å². The Balaban J connectivity index is 1.25. The Morgan fingerprint density at radius 1 is 0.973 bits per heavy atom. The van der Waals surface area contributed by atoms with Crippen molar-refractivity contribution in [2.45, 2.75) is 46.0 Å². The Hall–Kier alpha value is -3.61. The zero-order valence-electron chi connectivity index (χ0n) is 21.1.